The zero-order valence-electron chi connectivity index (χ0n) is 23.6. The van der Waals surface area contributed by atoms with Crippen LogP contribution in [0.25, 0.3) is 0 Å². The number of hydrogen-bond acceptors (Lipinski definition) is 5. The zero-order chi connectivity index (χ0) is 26.5. The fourth-order valence-electron chi connectivity index (χ4n) is 8.51. The molecule has 0 unspecified atom stereocenters. The van der Waals surface area contributed by atoms with Gasteiger partial charge in [-0.15, -0.1) is 0 Å². The summed E-state index contributed by atoms with van der Waals surface area (Å²) in [4.78, 5) is 23.8. The van der Waals surface area contributed by atoms with Crippen LogP contribution in [-0.4, -0.2) is 34.9 Å². The molecule has 202 valence electrons. The van der Waals surface area contributed by atoms with Gasteiger partial charge in [-0.25, -0.2) is 0 Å². The Bertz CT molecular complexity index is 933. The van der Waals surface area contributed by atoms with Crippen LogP contribution < -0.4 is 0 Å². The van der Waals surface area contributed by atoms with Crippen LogP contribution >= 0.6 is 0 Å². The van der Waals surface area contributed by atoms with Crippen LogP contribution in [0.2, 0.25) is 0 Å². The summed E-state index contributed by atoms with van der Waals surface area (Å²) in [7, 11) is 0. The van der Waals surface area contributed by atoms with Crippen LogP contribution in [0.1, 0.15) is 106 Å². The number of allylic oxidation sites excluding steroid dienone is 2. The van der Waals surface area contributed by atoms with Gasteiger partial charge >= 0.3 is 11.9 Å². The summed E-state index contributed by atoms with van der Waals surface area (Å²) in [6.45, 7) is 14.5. The number of ether oxygens (including phenoxy) is 2. The summed E-state index contributed by atoms with van der Waals surface area (Å²) in [5.41, 5.74) is 0.877. The predicted octanol–water partition coefficient (Wildman–Crippen LogP) is 6.54. The number of fused-ring (bicyclic) bond motifs is 5. The SMILES string of the molecule is CC(=O)O[C@H]1CC[C@]2(C)C3=CC[C@]4(C)[C@@H]([C@H](C)CCCC(C)C)CC[C@H]4C3=C[C@H](OC(C)=O)[C@@]2(O)C1. The molecule has 5 nitrogen and oxygen atoms in total. The highest BCUT2D eigenvalue weighted by atomic mass is 16.6. The third-order valence-electron chi connectivity index (χ3n) is 10.5. The summed E-state index contributed by atoms with van der Waals surface area (Å²) in [6.07, 6.45) is 12.3. The zero-order valence-corrected chi connectivity index (χ0v) is 23.6. The highest BCUT2D eigenvalue weighted by molar-refractivity contribution is 5.67. The maximum absolute atomic E-state index is 12.2. The van der Waals surface area contributed by atoms with Crippen LogP contribution in [0.5, 0.6) is 0 Å². The van der Waals surface area contributed by atoms with Crippen LogP contribution in [0.4, 0.5) is 0 Å². The van der Waals surface area contributed by atoms with Gasteiger partial charge in [-0.05, 0) is 78.4 Å². The van der Waals surface area contributed by atoms with Gasteiger partial charge in [0.05, 0.1) is 0 Å². The summed E-state index contributed by atoms with van der Waals surface area (Å²) < 4.78 is 11.4. The second-order valence-corrected chi connectivity index (χ2v) is 13.2. The number of carbonyl (C=O) groups is 2. The lowest BCUT2D eigenvalue weighted by Gasteiger charge is -2.59. The van der Waals surface area contributed by atoms with Gasteiger partial charge in [-0.3, -0.25) is 9.59 Å². The van der Waals surface area contributed by atoms with Crippen LogP contribution in [-0.2, 0) is 19.1 Å². The molecule has 4 rings (SSSR count). The van der Waals surface area contributed by atoms with Crippen molar-refractivity contribution >= 4 is 11.9 Å². The molecule has 36 heavy (non-hydrogen) atoms. The minimum absolute atomic E-state index is 0.189. The summed E-state index contributed by atoms with van der Waals surface area (Å²) in [5.74, 6) is 1.81. The molecule has 8 atom stereocenters. The van der Waals surface area contributed by atoms with E-state index in [0.29, 0.717) is 30.6 Å². The highest BCUT2D eigenvalue weighted by Crippen LogP contribution is 2.66. The van der Waals surface area contributed by atoms with Gasteiger partial charge in [0.15, 0.2) is 6.10 Å². The van der Waals surface area contributed by atoms with Gasteiger partial charge in [-0.1, -0.05) is 60.0 Å². The summed E-state index contributed by atoms with van der Waals surface area (Å²) >= 11 is 0. The number of rotatable bonds is 7. The van der Waals surface area contributed by atoms with Crippen LogP contribution in [0, 0.1) is 34.5 Å². The Balaban J connectivity index is 1.67. The first-order chi connectivity index (χ1) is 16.8. The maximum Gasteiger partial charge on any atom is 0.303 e. The molecule has 2 saturated carbocycles. The fraction of sp³-hybridized carbons (Fsp3) is 0.806. The Morgan fingerprint density at radius 1 is 1.06 bits per heavy atom. The predicted molar refractivity (Wildman–Crippen MR) is 141 cm³/mol. The number of hydrogen-bond donors (Lipinski definition) is 1. The minimum atomic E-state index is -1.30. The second kappa shape index (κ2) is 9.93. The topological polar surface area (TPSA) is 72.8 Å². The normalized spacial score (nSPS) is 40.4. The molecule has 0 radical (unpaired) electrons. The van der Waals surface area contributed by atoms with E-state index in [1.54, 1.807) is 0 Å². The molecule has 0 heterocycles. The van der Waals surface area contributed by atoms with Crippen molar-refractivity contribution in [2.24, 2.45) is 34.5 Å². The molecule has 0 aliphatic heterocycles. The van der Waals surface area contributed by atoms with Crippen molar-refractivity contribution in [3.8, 4) is 0 Å². The number of aliphatic hydroxyl groups is 1. The molecule has 5 heteroatoms. The number of esters is 2. The van der Waals surface area contributed by atoms with E-state index in [0.717, 1.165) is 18.8 Å². The van der Waals surface area contributed by atoms with E-state index in [1.807, 2.05) is 0 Å². The van der Waals surface area contributed by atoms with Crippen molar-refractivity contribution in [2.75, 3.05) is 0 Å². The Kier molecular flexibility index (Phi) is 7.56. The smallest absolute Gasteiger partial charge is 0.303 e. The Morgan fingerprint density at radius 2 is 1.75 bits per heavy atom. The van der Waals surface area contributed by atoms with Crippen molar-refractivity contribution in [1.29, 1.82) is 0 Å². The molecular weight excluding hydrogens is 452 g/mol. The quantitative estimate of drug-likeness (QED) is 0.402. The second-order valence-electron chi connectivity index (χ2n) is 13.2. The van der Waals surface area contributed by atoms with E-state index in [2.05, 4.69) is 46.8 Å². The van der Waals surface area contributed by atoms with Crippen molar-refractivity contribution in [1.82, 2.24) is 0 Å². The standard InChI is InChI=1S/C31H48O5/c1-19(2)9-8-10-20(3)25-11-12-26-24-17-28(36-22(5)33)31(34)18-23(35-21(4)32)13-16-30(31,7)27(24)14-15-29(25,26)6/h14,17,19-20,23,25-26,28,34H,8-13,15-16,18H2,1-7H3/t20-,23+,25-,26+,28+,29-,30-,31+/m1/s1. The molecule has 0 aromatic carbocycles. The Hall–Kier alpha value is -1.62. The third-order valence-corrected chi connectivity index (χ3v) is 10.5. The van der Waals surface area contributed by atoms with E-state index in [4.69, 9.17) is 9.47 Å². The molecule has 0 saturated heterocycles. The summed E-state index contributed by atoms with van der Waals surface area (Å²) in [6, 6.07) is 0. The van der Waals surface area contributed by atoms with E-state index >= 15 is 0 Å². The lowest BCUT2D eigenvalue weighted by Crippen LogP contribution is -2.63. The maximum atomic E-state index is 12.2. The lowest BCUT2D eigenvalue weighted by molar-refractivity contribution is -0.200. The van der Waals surface area contributed by atoms with Crippen LogP contribution in [0.15, 0.2) is 23.3 Å². The molecule has 1 N–H and O–H groups in total. The van der Waals surface area contributed by atoms with Gasteiger partial charge in [0.2, 0.25) is 0 Å². The molecule has 0 amide bonds. The largest absolute Gasteiger partial charge is 0.462 e. The molecule has 4 aliphatic carbocycles. The average molecular weight is 501 g/mol. The first-order valence-corrected chi connectivity index (χ1v) is 14.3. The van der Waals surface area contributed by atoms with Gasteiger partial charge < -0.3 is 14.6 Å². The first-order valence-electron chi connectivity index (χ1n) is 14.3. The van der Waals surface area contributed by atoms with Crippen molar-refractivity contribution < 1.29 is 24.2 Å². The molecule has 0 spiro atoms. The van der Waals surface area contributed by atoms with Crippen molar-refractivity contribution in [2.45, 2.75) is 124 Å². The highest BCUT2D eigenvalue weighted by Gasteiger charge is 2.64. The third kappa shape index (κ3) is 4.59. The average Bonchev–Trinajstić information content (AvgIpc) is 3.12. The molecule has 2 fully saturated rings. The molecule has 0 aromatic heterocycles. The fourth-order valence-corrected chi connectivity index (χ4v) is 8.51. The van der Waals surface area contributed by atoms with Gasteiger partial charge in [0.1, 0.15) is 11.7 Å². The minimum Gasteiger partial charge on any atom is -0.462 e. The van der Waals surface area contributed by atoms with Gasteiger partial charge in [0.25, 0.3) is 0 Å². The Morgan fingerprint density at radius 3 is 2.39 bits per heavy atom. The van der Waals surface area contributed by atoms with Gasteiger partial charge in [-0.2, -0.15) is 0 Å². The molecular formula is C31H48O5. The molecule has 0 aromatic rings. The van der Waals surface area contributed by atoms with Crippen LogP contribution in [0.3, 0.4) is 0 Å². The molecule has 0 bridgehead atoms. The van der Waals surface area contributed by atoms with Crippen molar-refractivity contribution in [3.63, 3.8) is 0 Å². The lowest BCUT2D eigenvalue weighted by atomic mass is 9.49. The van der Waals surface area contributed by atoms with Gasteiger partial charge in [0, 0.05) is 25.7 Å². The molecule has 4 aliphatic rings. The van der Waals surface area contributed by atoms with E-state index in [-0.39, 0.29) is 23.9 Å². The monoisotopic (exact) mass is 500 g/mol. The van der Waals surface area contributed by atoms with E-state index < -0.39 is 23.1 Å². The van der Waals surface area contributed by atoms with E-state index in [9.17, 15) is 14.7 Å². The Labute approximate surface area is 218 Å². The first kappa shape index (κ1) is 27.4. The summed E-state index contributed by atoms with van der Waals surface area (Å²) in [5, 5.41) is 12.2. The van der Waals surface area contributed by atoms with Crippen molar-refractivity contribution in [3.05, 3.63) is 23.3 Å². The number of carbonyl (C=O) groups excluding carboxylic acids is 2. The van der Waals surface area contributed by atoms with E-state index in [1.165, 1.54) is 50.7 Å².